The van der Waals surface area contributed by atoms with Gasteiger partial charge in [-0.25, -0.2) is 4.79 Å². The molecule has 100 valence electrons. The second-order valence-corrected chi connectivity index (χ2v) is 4.85. The Hall–Kier alpha value is -2.01. The minimum atomic E-state index is -0.233. The molecule has 0 radical (unpaired) electrons. The van der Waals surface area contributed by atoms with Gasteiger partial charge in [0.2, 0.25) is 5.88 Å². The predicted molar refractivity (Wildman–Crippen MR) is 73.3 cm³/mol. The van der Waals surface area contributed by atoms with Crippen molar-refractivity contribution >= 4 is 0 Å². The van der Waals surface area contributed by atoms with E-state index in [-0.39, 0.29) is 17.6 Å². The fourth-order valence-electron chi connectivity index (χ4n) is 2.65. The van der Waals surface area contributed by atoms with E-state index in [0.29, 0.717) is 5.69 Å². The van der Waals surface area contributed by atoms with Gasteiger partial charge < -0.3 is 15.4 Å². The molecule has 5 heteroatoms. The van der Waals surface area contributed by atoms with Gasteiger partial charge in [-0.1, -0.05) is 30.3 Å². The Morgan fingerprint density at radius 3 is 2.53 bits per heavy atom. The molecule has 0 spiro atoms. The highest BCUT2D eigenvalue weighted by Crippen LogP contribution is 2.30. The second kappa shape index (κ2) is 4.93. The van der Waals surface area contributed by atoms with E-state index in [4.69, 9.17) is 0 Å². The summed E-state index contributed by atoms with van der Waals surface area (Å²) in [4.78, 5) is 14.8. The van der Waals surface area contributed by atoms with Crippen molar-refractivity contribution in [2.75, 3.05) is 13.1 Å². The number of aromatic nitrogens is 2. The molecule has 1 aliphatic rings. The molecule has 0 atom stereocenters. The zero-order valence-electron chi connectivity index (χ0n) is 10.6. The first-order valence-corrected chi connectivity index (χ1v) is 6.57. The van der Waals surface area contributed by atoms with Crippen LogP contribution in [0.2, 0.25) is 0 Å². The molecule has 1 saturated heterocycles. The maximum absolute atomic E-state index is 12.1. The Morgan fingerprint density at radius 2 is 1.84 bits per heavy atom. The van der Waals surface area contributed by atoms with E-state index in [1.165, 1.54) is 4.57 Å². The van der Waals surface area contributed by atoms with Crippen LogP contribution in [0.1, 0.15) is 18.9 Å². The van der Waals surface area contributed by atoms with Crippen LogP contribution in [0.15, 0.2) is 35.1 Å². The van der Waals surface area contributed by atoms with Gasteiger partial charge in [0.05, 0.1) is 0 Å². The minimum Gasteiger partial charge on any atom is -0.493 e. The first-order chi connectivity index (χ1) is 9.27. The highest BCUT2D eigenvalue weighted by atomic mass is 16.3. The number of hydrogen-bond donors (Lipinski definition) is 3. The van der Waals surface area contributed by atoms with Crippen molar-refractivity contribution in [3.63, 3.8) is 0 Å². The normalized spacial score (nSPS) is 16.6. The van der Waals surface area contributed by atoms with Crippen molar-refractivity contribution in [1.82, 2.24) is 14.9 Å². The SMILES string of the molecule is O=c1[nH]c(-c2ccccc2)c(O)n1C1CCNCC1. The average molecular weight is 259 g/mol. The van der Waals surface area contributed by atoms with Gasteiger partial charge >= 0.3 is 5.69 Å². The first-order valence-electron chi connectivity index (χ1n) is 6.57. The number of H-pyrrole nitrogens is 1. The summed E-state index contributed by atoms with van der Waals surface area (Å²) in [5.41, 5.74) is 1.09. The highest BCUT2D eigenvalue weighted by Gasteiger charge is 2.23. The summed E-state index contributed by atoms with van der Waals surface area (Å²) < 4.78 is 1.49. The maximum atomic E-state index is 12.1. The van der Waals surface area contributed by atoms with Gasteiger partial charge in [-0.05, 0) is 25.9 Å². The number of aromatic hydroxyl groups is 1. The smallest absolute Gasteiger partial charge is 0.329 e. The predicted octanol–water partition coefficient (Wildman–Crippen LogP) is 1.47. The molecule has 0 aliphatic carbocycles. The van der Waals surface area contributed by atoms with Crippen LogP contribution in [0.5, 0.6) is 5.88 Å². The maximum Gasteiger partial charge on any atom is 0.329 e. The number of hydrogen-bond acceptors (Lipinski definition) is 3. The van der Waals surface area contributed by atoms with Crippen LogP contribution in [0.3, 0.4) is 0 Å². The van der Waals surface area contributed by atoms with Crippen LogP contribution in [-0.4, -0.2) is 27.7 Å². The van der Waals surface area contributed by atoms with Crippen LogP contribution in [-0.2, 0) is 0 Å². The lowest BCUT2D eigenvalue weighted by atomic mass is 10.1. The topological polar surface area (TPSA) is 70.0 Å². The van der Waals surface area contributed by atoms with Gasteiger partial charge in [-0.3, -0.25) is 4.57 Å². The molecule has 1 aliphatic heterocycles. The number of nitrogens with one attached hydrogen (secondary N) is 2. The number of rotatable bonds is 2. The van der Waals surface area contributed by atoms with E-state index < -0.39 is 0 Å². The highest BCUT2D eigenvalue weighted by molar-refractivity contribution is 5.64. The fraction of sp³-hybridized carbons (Fsp3) is 0.357. The third-order valence-corrected chi connectivity index (χ3v) is 3.64. The summed E-state index contributed by atoms with van der Waals surface area (Å²) in [6, 6.07) is 9.49. The summed E-state index contributed by atoms with van der Waals surface area (Å²) in [5, 5.41) is 13.6. The summed E-state index contributed by atoms with van der Waals surface area (Å²) in [5.74, 6) is 0.0445. The molecule has 1 fully saturated rings. The lowest BCUT2D eigenvalue weighted by molar-refractivity contribution is 0.318. The van der Waals surface area contributed by atoms with Crippen LogP contribution in [0, 0.1) is 0 Å². The fourth-order valence-corrected chi connectivity index (χ4v) is 2.65. The summed E-state index contributed by atoms with van der Waals surface area (Å²) in [7, 11) is 0. The molecule has 0 amide bonds. The Morgan fingerprint density at radius 1 is 1.16 bits per heavy atom. The zero-order valence-corrected chi connectivity index (χ0v) is 10.6. The Bertz CT molecular complexity index is 609. The molecule has 1 aromatic heterocycles. The molecule has 2 aromatic rings. The van der Waals surface area contributed by atoms with Crippen LogP contribution < -0.4 is 11.0 Å². The van der Waals surface area contributed by atoms with Gasteiger partial charge in [0.15, 0.2) is 0 Å². The zero-order chi connectivity index (χ0) is 13.2. The van der Waals surface area contributed by atoms with E-state index in [9.17, 15) is 9.90 Å². The monoisotopic (exact) mass is 259 g/mol. The molecule has 0 unspecified atom stereocenters. The Balaban J connectivity index is 2.03. The molecule has 3 rings (SSSR count). The van der Waals surface area contributed by atoms with Crippen LogP contribution in [0.25, 0.3) is 11.3 Å². The van der Waals surface area contributed by atoms with Crippen LogP contribution in [0.4, 0.5) is 0 Å². The average Bonchev–Trinajstić information content (AvgIpc) is 2.76. The van der Waals surface area contributed by atoms with Gasteiger partial charge in [-0.2, -0.15) is 0 Å². The van der Waals surface area contributed by atoms with Crippen molar-refractivity contribution in [3.8, 4) is 17.1 Å². The van der Waals surface area contributed by atoms with Gasteiger partial charge in [0.25, 0.3) is 0 Å². The Kier molecular flexibility index (Phi) is 3.13. The quantitative estimate of drug-likeness (QED) is 0.765. The Labute approximate surface area is 110 Å². The van der Waals surface area contributed by atoms with Crippen LogP contribution >= 0.6 is 0 Å². The van der Waals surface area contributed by atoms with E-state index in [0.717, 1.165) is 31.5 Å². The van der Waals surface area contributed by atoms with Gasteiger partial charge in [0, 0.05) is 11.6 Å². The van der Waals surface area contributed by atoms with E-state index in [2.05, 4.69) is 10.3 Å². The third kappa shape index (κ3) is 2.17. The standard InChI is InChI=1S/C14H17N3O2/c18-13-12(10-4-2-1-3-5-10)16-14(19)17(13)11-6-8-15-9-7-11/h1-5,11,15,18H,6-9H2,(H,16,19). The molecular weight excluding hydrogens is 242 g/mol. The second-order valence-electron chi connectivity index (χ2n) is 4.85. The number of piperidine rings is 1. The molecule has 0 saturated carbocycles. The van der Waals surface area contributed by atoms with Crippen molar-refractivity contribution < 1.29 is 5.11 Å². The van der Waals surface area contributed by atoms with Crippen molar-refractivity contribution in [2.24, 2.45) is 0 Å². The first kappa shape index (κ1) is 12.0. The third-order valence-electron chi connectivity index (χ3n) is 3.64. The molecule has 1 aromatic carbocycles. The van der Waals surface area contributed by atoms with Crippen molar-refractivity contribution in [3.05, 3.63) is 40.8 Å². The van der Waals surface area contributed by atoms with E-state index in [1.807, 2.05) is 30.3 Å². The molecule has 3 N–H and O–H groups in total. The van der Waals surface area contributed by atoms with Gasteiger partial charge in [0.1, 0.15) is 5.69 Å². The molecule has 19 heavy (non-hydrogen) atoms. The summed E-state index contributed by atoms with van der Waals surface area (Å²) in [6.07, 6.45) is 1.72. The summed E-state index contributed by atoms with van der Waals surface area (Å²) >= 11 is 0. The number of nitrogens with zero attached hydrogens (tertiary/aromatic N) is 1. The lowest BCUT2D eigenvalue weighted by Gasteiger charge is -2.23. The minimum absolute atomic E-state index is 0.0445. The summed E-state index contributed by atoms with van der Waals surface area (Å²) in [6.45, 7) is 1.75. The molecule has 0 bridgehead atoms. The molecule has 2 heterocycles. The van der Waals surface area contributed by atoms with E-state index in [1.54, 1.807) is 0 Å². The van der Waals surface area contributed by atoms with E-state index >= 15 is 0 Å². The molecular formula is C14H17N3O2. The number of benzene rings is 1. The molecule has 5 nitrogen and oxygen atoms in total. The number of aromatic amines is 1. The largest absolute Gasteiger partial charge is 0.493 e. The van der Waals surface area contributed by atoms with Crippen molar-refractivity contribution in [2.45, 2.75) is 18.9 Å². The van der Waals surface area contributed by atoms with Crippen molar-refractivity contribution in [1.29, 1.82) is 0 Å². The number of imidazole rings is 1. The lowest BCUT2D eigenvalue weighted by Crippen LogP contribution is -2.33. The van der Waals surface area contributed by atoms with Gasteiger partial charge in [-0.15, -0.1) is 0 Å².